The van der Waals surface area contributed by atoms with Gasteiger partial charge >= 0.3 is 0 Å². The van der Waals surface area contributed by atoms with E-state index in [4.69, 9.17) is 4.74 Å². The molecule has 1 aromatic heterocycles. The van der Waals surface area contributed by atoms with Crippen LogP contribution >= 0.6 is 0 Å². The number of amides is 1. The van der Waals surface area contributed by atoms with Crippen molar-refractivity contribution in [1.29, 1.82) is 0 Å². The molecular weight excluding hydrogens is 404 g/mol. The highest BCUT2D eigenvalue weighted by molar-refractivity contribution is 5.94. The van der Waals surface area contributed by atoms with Gasteiger partial charge in [-0.3, -0.25) is 9.89 Å². The summed E-state index contributed by atoms with van der Waals surface area (Å²) in [5, 5.41) is 20.1. The van der Waals surface area contributed by atoms with E-state index in [1.807, 2.05) is 42.5 Å². The van der Waals surface area contributed by atoms with Crippen LogP contribution in [0.5, 0.6) is 11.5 Å². The van der Waals surface area contributed by atoms with E-state index in [0.717, 1.165) is 23.3 Å². The van der Waals surface area contributed by atoms with Crippen molar-refractivity contribution in [3.05, 3.63) is 102 Å². The number of hydrogen-bond acceptors (Lipinski definition) is 5. The van der Waals surface area contributed by atoms with Crippen LogP contribution in [0.3, 0.4) is 0 Å². The van der Waals surface area contributed by atoms with Crippen molar-refractivity contribution in [3.8, 4) is 22.8 Å². The van der Waals surface area contributed by atoms with Gasteiger partial charge in [0.1, 0.15) is 17.2 Å². The van der Waals surface area contributed by atoms with Crippen molar-refractivity contribution < 1.29 is 14.6 Å². The maximum absolute atomic E-state index is 12.3. The number of carbonyl (C=O) groups is 1. The summed E-state index contributed by atoms with van der Waals surface area (Å²) in [6, 6.07) is 25.9. The number of H-pyrrole nitrogens is 1. The Morgan fingerprint density at radius 2 is 1.78 bits per heavy atom. The van der Waals surface area contributed by atoms with E-state index in [0.29, 0.717) is 18.0 Å². The molecule has 0 radical (unpaired) electrons. The number of ether oxygens (including phenoxy) is 1. The molecule has 0 saturated carbocycles. The highest BCUT2D eigenvalue weighted by Crippen LogP contribution is 2.21. The predicted octanol–water partition coefficient (Wildman–Crippen LogP) is 4.17. The fourth-order valence-electron chi connectivity index (χ4n) is 3.03. The molecule has 0 spiro atoms. The van der Waals surface area contributed by atoms with Gasteiger partial charge in [0.25, 0.3) is 5.91 Å². The van der Waals surface area contributed by atoms with E-state index in [1.165, 1.54) is 11.8 Å². The number of phenols is 1. The van der Waals surface area contributed by atoms with Gasteiger partial charge in [0.2, 0.25) is 0 Å². The van der Waals surface area contributed by atoms with Crippen LogP contribution in [0.25, 0.3) is 11.3 Å². The summed E-state index contributed by atoms with van der Waals surface area (Å²) >= 11 is 0. The Bertz CT molecular complexity index is 1180. The Morgan fingerprint density at radius 3 is 2.53 bits per heavy atom. The molecule has 0 aliphatic rings. The third-order valence-electron chi connectivity index (χ3n) is 4.75. The van der Waals surface area contributed by atoms with Gasteiger partial charge in [0.05, 0.1) is 18.5 Å². The first kappa shape index (κ1) is 20.9. The van der Waals surface area contributed by atoms with Crippen LogP contribution in [-0.4, -0.2) is 34.0 Å². The quantitative estimate of drug-likeness (QED) is 0.291. The molecule has 4 aromatic rings. The fourth-order valence-corrected chi connectivity index (χ4v) is 3.03. The summed E-state index contributed by atoms with van der Waals surface area (Å²) in [5.74, 6) is 0.546. The van der Waals surface area contributed by atoms with Gasteiger partial charge in [-0.1, -0.05) is 30.3 Å². The molecule has 160 valence electrons. The van der Waals surface area contributed by atoms with E-state index in [2.05, 4.69) is 32.9 Å². The third kappa shape index (κ3) is 5.60. The Hall–Kier alpha value is -4.39. The predicted molar refractivity (Wildman–Crippen MR) is 123 cm³/mol. The maximum Gasteiger partial charge on any atom is 0.289 e. The lowest BCUT2D eigenvalue weighted by Crippen LogP contribution is -2.17. The molecule has 0 atom stereocenters. The van der Waals surface area contributed by atoms with E-state index >= 15 is 0 Å². The monoisotopic (exact) mass is 426 g/mol. The SMILES string of the molecule is O=C(N/N=C/c1ccc(O)cc1)c1cc(-c2ccc(OCCc3ccccc3)cc2)n[nH]1. The molecule has 1 amide bonds. The van der Waals surface area contributed by atoms with Crippen molar-refractivity contribution in [2.45, 2.75) is 6.42 Å². The lowest BCUT2D eigenvalue weighted by Gasteiger charge is -2.06. The smallest absolute Gasteiger partial charge is 0.289 e. The second-order valence-electron chi connectivity index (χ2n) is 7.07. The van der Waals surface area contributed by atoms with Crippen LogP contribution in [0.15, 0.2) is 90.0 Å². The Morgan fingerprint density at radius 1 is 1.03 bits per heavy atom. The zero-order valence-electron chi connectivity index (χ0n) is 17.2. The van der Waals surface area contributed by atoms with E-state index in [9.17, 15) is 9.90 Å². The molecular formula is C25H22N4O3. The molecule has 32 heavy (non-hydrogen) atoms. The van der Waals surface area contributed by atoms with E-state index in [1.54, 1.807) is 30.3 Å². The Kier molecular flexibility index (Phi) is 6.57. The number of benzene rings is 3. The number of nitrogens with one attached hydrogen (secondary N) is 2. The molecule has 0 bridgehead atoms. The summed E-state index contributed by atoms with van der Waals surface area (Å²) in [6.07, 6.45) is 2.33. The van der Waals surface area contributed by atoms with E-state index < -0.39 is 5.91 Å². The topological polar surface area (TPSA) is 99.6 Å². The summed E-state index contributed by atoms with van der Waals surface area (Å²) in [4.78, 5) is 12.3. The maximum atomic E-state index is 12.3. The van der Waals surface area contributed by atoms with Crippen LogP contribution in [0.1, 0.15) is 21.6 Å². The molecule has 3 aromatic carbocycles. The average Bonchev–Trinajstić information content (AvgIpc) is 3.32. The number of hydrazone groups is 1. The van der Waals surface area contributed by atoms with Crippen molar-refractivity contribution in [3.63, 3.8) is 0 Å². The number of aromatic hydroxyl groups is 1. The van der Waals surface area contributed by atoms with Gasteiger partial charge in [-0.25, -0.2) is 5.43 Å². The zero-order chi connectivity index (χ0) is 22.2. The first-order chi connectivity index (χ1) is 15.7. The van der Waals surface area contributed by atoms with Gasteiger partial charge in [-0.15, -0.1) is 0 Å². The number of nitrogens with zero attached hydrogens (tertiary/aromatic N) is 2. The highest BCUT2D eigenvalue weighted by Gasteiger charge is 2.10. The first-order valence-corrected chi connectivity index (χ1v) is 10.1. The summed E-state index contributed by atoms with van der Waals surface area (Å²) in [7, 11) is 0. The van der Waals surface area contributed by atoms with Crippen LogP contribution in [-0.2, 0) is 6.42 Å². The average molecular weight is 426 g/mol. The van der Waals surface area contributed by atoms with Crippen LogP contribution in [0.2, 0.25) is 0 Å². The number of rotatable bonds is 8. The molecule has 7 heteroatoms. The molecule has 4 rings (SSSR count). The van der Waals surface area contributed by atoms with Crippen molar-refractivity contribution in [2.24, 2.45) is 5.10 Å². The summed E-state index contributed by atoms with van der Waals surface area (Å²) in [5.41, 5.74) is 6.24. The standard InChI is InChI=1S/C25H22N4O3/c30-21-10-6-19(7-11-21)17-26-29-25(31)24-16-23(27-28-24)20-8-12-22(13-9-20)32-15-14-18-4-2-1-3-5-18/h1-13,16-17,30H,14-15H2,(H,27,28)(H,29,31)/b26-17+. The molecule has 3 N–H and O–H groups in total. The normalized spacial score (nSPS) is 10.9. The van der Waals surface area contributed by atoms with Gasteiger partial charge in [0, 0.05) is 12.0 Å². The van der Waals surface area contributed by atoms with Crippen molar-refractivity contribution in [2.75, 3.05) is 6.61 Å². The summed E-state index contributed by atoms with van der Waals surface area (Å²) in [6.45, 7) is 0.598. The first-order valence-electron chi connectivity index (χ1n) is 10.1. The van der Waals surface area contributed by atoms with Gasteiger partial charge in [-0.05, 0) is 65.7 Å². The molecule has 0 saturated heterocycles. The van der Waals surface area contributed by atoms with Crippen LogP contribution in [0.4, 0.5) is 0 Å². The lowest BCUT2D eigenvalue weighted by molar-refractivity contribution is 0.0950. The fraction of sp³-hybridized carbons (Fsp3) is 0.0800. The minimum Gasteiger partial charge on any atom is -0.508 e. The van der Waals surface area contributed by atoms with Gasteiger partial charge in [0.15, 0.2) is 0 Å². The zero-order valence-corrected chi connectivity index (χ0v) is 17.2. The number of aromatic nitrogens is 2. The number of carbonyl (C=O) groups excluding carboxylic acids is 1. The largest absolute Gasteiger partial charge is 0.508 e. The number of hydrogen-bond donors (Lipinski definition) is 3. The molecule has 1 heterocycles. The Labute approximate surface area is 185 Å². The van der Waals surface area contributed by atoms with Crippen molar-refractivity contribution >= 4 is 12.1 Å². The second kappa shape index (κ2) is 10.1. The molecule has 0 fully saturated rings. The van der Waals surface area contributed by atoms with Crippen LogP contribution in [0, 0.1) is 0 Å². The van der Waals surface area contributed by atoms with Crippen LogP contribution < -0.4 is 10.2 Å². The summed E-state index contributed by atoms with van der Waals surface area (Å²) < 4.78 is 5.81. The lowest BCUT2D eigenvalue weighted by atomic mass is 10.1. The molecule has 0 aliphatic carbocycles. The van der Waals surface area contributed by atoms with Crippen molar-refractivity contribution in [1.82, 2.24) is 15.6 Å². The molecule has 0 unspecified atom stereocenters. The number of phenolic OH excluding ortho intramolecular Hbond substituents is 1. The highest BCUT2D eigenvalue weighted by atomic mass is 16.5. The minimum atomic E-state index is -0.403. The molecule has 0 aliphatic heterocycles. The third-order valence-corrected chi connectivity index (χ3v) is 4.75. The van der Waals surface area contributed by atoms with Gasteiger partial charge in [-0.2, -0.15) is 10.2 Å². The second-order valence-corrected chi connectivity index (χ2v) is 7.07. The minimum absolute atomic E-state index is 0.169. The Balaban J connectivity index is 1.30. The van der Waals surface area contributed by atoms with E-state index in [-0.39, 0.29) is 5.75 Å². The van der Waals surface area contributed by atoms with Gasteiger partial charge < -0.3 is 9.84 Å². The molecule has 7 nitrogen and oxygen atoms in total. The number of aromatic amines is 1.